The molecular weight excluding hydrogens is 704 g/mol. The average molecular weight is 725 g/mol. The van der Waals surface area contributed by atoms with E-state index >= 15 is 0 Å². The molecule has 0 saturated carbocycles. The lowest BCUT2D eigenvalue weighted by molar-refractivity contribution is 0.0436. The van der Waals surface area contributed by atoms with Crippen LogP contribution in [0.15, 0.2) is 58.3 Å². The van der Waals surface area contributed by atoms with Crippen LogP contribution in [-0.4, -0.2) is 74.5 Å². The van der Waals surface area contributed by atoms with Gasteiger partial charge in [0.15, 0.2) is 0 Å². The van der Waals surface area contributed by atoms with Crippen molar-refractivity contribution >= 4 is 43.3 Å². The zero-order chi connectivity index (χ0) is 37.2. The molecule has 50 heavy (non-hydrogen) atoms. The van der Waals surface area contributed by atoms with Crippen LogP contribution in [0.4, 0.5) is 0 Å². The van der Waals surface area contributed by atoms with E-state index in [0.717, 1.165) is 36.4 Å². The topological polar surface area (TPSA) is 315 Å². The van der Waals surface area contributed by atoms with Gasteiger partial charge in [-0.25, -0.2) is 9.59 Å². The number of carbonyl (C=O) groups excluding carboxylic acids is 2. The summed E-state index contributed by atoms with van der Waals surface area (Å²) in [5.41, 5.74) is -2.27. The van der Waals surface area contributed by atoms with Crippen molar-refractivity contribution < 1.29 is 64.7 Å². The summed E-state index contributed by atoms with van der Waals surface area (Å²) < 4.78 is 84.9. The van der Waals surface area contributed by atoms with E-state index < -0.39 is 102 Å². The van der Waals surface area contributed by atoms with E-state index in [2.05, 4.69) is 0 Å². The highest BCUT2D eigenvalue weighted by atomic mass is 32.2. The number of aromatic hydroxyl groups is 2. The Hall–Kier alpha value is -6.68. The molecule has 0 atom stereocenters. The SMILES string of the molecule is N#CC(C#N)=c1cc(OCCOC(=O)c2cc(S(=O)(=O)O)ccc2O)c(=C(C#N)C#N)cc1OCCOC(=O)c1cc(S(=O)(=O)O)ccc1O. The largest absolute Gasteiger partial charge is 0.507 e. The molecule has 18 nitrogen and oxygen atoms in total. The third-order valence-corrected chi connectivity index (χ3v) is 7.89. The lowest BCUT2D eigenvalue weighted by Gasteiger charge is -2.13. The van der Waals surface area contributed by atoms with Crippen LogP contribution in [0.5, 0.6) is 23.0 Å². The van der Waals surface area contributed by atoms with Gasteiger partial charge >= 0.3 is 11.9 Å². The van der Waals surface area contributed by atoms with Gasteiger partial charge < -0.3 is 29.2 Å². The Balaban J connectivity index is 1.85. The van der Waals surface area contributed by atoms with Crippen LogP contribution in [-0.2, 0) is 29.7 Å². The fourth-order valence-corrected chi connectivity index (χ4v) is 4.90. The van der Waals surface area contributed by atoms with Gasteiger partial charge in [-0.1, -0.05) is 0 Å². The van der Waals surface area contributed by atoms with Crippen LogP contribution >= 0.6 is 0 Å². The maximum atomic E-state index is 12.4. The van der Waals surface area contributed by atoms with Gasteiger partial charge in [0, 0.05) is 10.4 Å². The molecule has 0 aliphatic rings. The molecule has 0 amide bonds. The monoisotopic (exact) mass is 724 g/mol. The number of hydrogen-bond donors (Lipinski definition) is 4. The quantitative estimate of drug-likeness (QED) is 0.112. The maximum Gasteiger partial charge on any atom is 0.342 e. The molecular formula is C30H20N4O14S2. The van der Waals surface area contributed by atoms with E-state index in [1.165, 1.54) is 0 Å². The molecule has 3 aromatic carbocycles. The second-order valence-corrected chi connectivity index (χ2v) is 12.2. The van der Waals surface area contributed by atoms with Crippen molar-refractivity contribution in [3.63, 3.8) is 0 Å². The summed E-state index contributed by atoms with van der Waals surface area (Å²) in [6.07, 6.45) is 0. The highest BCUT2D eigenvalue weighted by Crippen LogP contribution is 2.23. The van der Waals surface area contributed by atoms with Crippen LogP contribution in [0.3, 0.4) is 0 Å². The second-order valence-electron chi connectivity index (χ2n) is 9.32. The van der Waals surface area contributed by atoms with Crippen molar-refractivity contribution in [3.8, 4) is 47.3 Å². The smallest absolute Gasteiger partial charge is 0.342 e. The van der Waals surface area contributed by atoms with Gasteiger partial charge in [0.1, 0.15) is 96.0 Å². The molecule has 3 rings (SSSR count). The molecule has 20 heteroatoms. The van der Waals surface area contributed by atoms with Crippen molar-refractivity contribution in [1.29, 1.82) is 21.0 Å². The molecule has 3 aromatic rings. The Morgan fingerprint density at radius 3 is 1.22 bits per heavy atom. The zero-order valence-electron chi connectivity index (χ0n) is 24.9. The summed E-state index contributed by atoms with van der Waals surface area (Å²) in [4.78, 5) is 23.5. The molecule has 256 valence electrons. The molecule has 0 aliphatic carbocycles. The first-order valence-corrected chi connectivity index (χ1v) is 16.2. The van der Waals surface area contributed by atoms with E-state index in [0.29, 0.717) is 12.1 Å². The van der Waals surface area contributed by atoms with E-state index in [-0.39, 0.29) is 21.9 Å². The lowest BCUT2D eigenvalue weighted by atomic mass is 10.1. The fraction of sp³-hybridized carbons (Fsp3) is 0.133. The first-order chi connectivity index (χ1) is 23.5. The van der Waals surface area contributed by atoms with Crippen molar-refractivity contribution in [1.82, 2.24) is 0 Å². The average Bonchev–Trinajstić information content (AvgIpc) is 3.06. The zero-order valence-corrected chi connectivity index (χ0v) is 26.6. The number of rotatable bonds is 12. The Morgan fingerprint density at radius 1 is 0.580 bits per heavy atom. The normalized spacial score (nSPS) is 10.7. The third-order valence-electron chi connectivity index (χ3n) is 6.19. The van der Waals surface area contributed by atoms with Crippen molar-refractivity contribution in [2.75, 3.05) is 26.4 Å². The van der Waals surface area contributed by atoms with Gasteiger partial charge in [0.05, 0.1) is 9.79 Å². The minimum absolute atomic E-state index is 0.210. The summed E-state index contributed by atoms with van der Waals surface area (Å²) in [7, 11) is -9.44. The van der Waals surface area contributed by atoms with Crippen LogP contribution in [0.1, 0.15) is 20.7 Å². The van der Waals surface area contributed by atoms with E-state index in [1.54, 1.807) is 24.3 Å². The van der Waals surface area contributed by atoms with Crippen LogP contribution in [0, 0.1) is 45.3 Å². The molecule has 0 aliphatic heterocycles. The number of phenolic OH excluding ortho intramolecular Hbond substituents is 2. The van der Waals surface area contributed by atoms with Crippen LogP contribution < -0.4 is 19.9 Å². The Kier molecular flexibility index (Phi) is 12.0. The van der Waals surface area contributed by atoms with Gasteiger partial charge in [-0.05, 0) is 48.5 Å². The van der Waals surface area contributed by atoms with Crippen molar-refractivity contribution in [3.05, 3.63) is 70.1 Å². The lowest BCUT2D eigenvalue weighted by Crippen LogP contribution is -2.23. The minimum atomic E-state index is -4.72. The Bertz CT molecular complexity index is 2200. The fourth-order valence-electron chi connectivity index (χ4n) is 3.89. The summed E-state index contributed by atoms with van der Waals surface area (Å²) in [6.45, 7) is -2.09. The first kappa shape index (κ1) is 37.8. The molecule has 0 saturated heterocycles. The third kappa shape index (κ3) is 9.23. The Morgan fingerprint density at radius 2 is 0.920 bits per heavy atom. The molecule has 0 fully saturated rings. The van der Waals surface area contributed by atoms with Crippen LogP contribution in [0.25, 0.3) is 11.1 Å². The minimum Gasteiger partial charge on any atom is -0.507 e. The Labute approximate surface area is 282 Å². The number of ether oxygens (including phenoxy) is 4. The number of nitrogens with zero attached hydrogens (tertiary/aromatic N) is 4. The van der Waals surface area contributed by atoms with Crippen LogP contribution in [0.2, 0.25) is 0 Å². The summed E-state index contributed by atoms with van der Waals surface area (Å²) in [6, 6.07) is 13.4. The van der Waals surface area contributed by atoms with Crippen molar-refractivity contribution in [2.24, 2.45) is 0 Å². The molecule has 0 spiro atoms. The highest BCUT2D eigenvalue weighted by molar-refractivity contribution is 7.86. The first-order valence-electron chi connectivity index (χ1n) is 13.3. The van der Waals surface area contributed by atoms with E-state index in [1.807, 2.05) is 0 Å². The van der Waals surface area contributed by atoms with E-state index in [9.17, 15) is 66.8 Å². The molecule has 0 radical (unpaired) electrons. The van der Waals surface area contributed by atoms with Gasteiger partial charge in [0.2, 0.25) is 0 Å². The van der Waals surface area contributed by atoms with Gasteiger partial charge in [-0.2, -0.15) is 37.9 Å². The number of carbonyl (C=O) groups is 2. The number of hydrogen-bond acceptors (Lipinski definition) is 16. The molecule has 0 aromatic heterocycles. The number of esters is 2. The highest BCUT2D eigenvalue weighted by Gasteiger charge is 2.20. The maximum absolute atomic E-state index is 12.4. The molecule has 0 heterocycles. The summed E-state index contributed by atoms with van der Waals surface area (Å²) in [5.74, 6) is -4.28. The number of benzene rings is 3. The van der Waals surface area contributed by atoms with Gasteiger partial charge in [-0.15, -0.1) is 0 Å². The van der Waals surface area contributed by atoms with Gasteiger partial charge in [0.25, 0.3) is 20.2 Å². The summed E-state index contributed by atoms with van der Waals surface area (Å²) >= 11 is 0. The molecule has 0 bridgehead atoms. The van der Waals surface area contributed by atoms with Crippen molar-refractivity contribution in [2.45, 2.75) is 9.79 Å². The predicted molar refractivity (Wildman–Crippen MR) is 162 cm³/mol. The second kappa shape index (κ2) is 15.9. The number of nitriles is 4. The molecule has 0 unspecified atom stereocenters. The number of phenols is 2. The van der Waals surface area contributed by atoms with E-state index in [4.69, 9.17) is 18.9 Å². The summed E-state index contributed by atoms with van der Waals surface area (Å²) in [5, 5.41) is 57.5. The predicted octanol–water partition coefficient (Wildman–Crippen LogP) is 0.459. The molecule has 4 N–H and O–H groups in total. The van der Waals surface area contributed by atoms with Gasteiger partial charge in [-0.3, -0.25) is 9.11 Å². The standard InChI is InChI=1S/C30H20N4O14S2/c31-13-17(14-32)21-12-28(46-6-8-48-30(38)24-10-20(50(42,43)44)2-4-26(24)36)22(18(15-33)16-34)11-27(21)45-5-7-47-29(37)23-9-19(49(39,40)41)1-3-25(23)35/h1-4,9-12,35-36H,5-8H2,(H,39,40,41)(H,42,43,44).